The van der Waals surface area contributed by atoms with Crippen LogP contribution in [-0.2, 0) is 10.3 Å². The van der Waals surface area contributed by atoms with E-state index in [4.69, 9.17) is 14.2 Å². The number of hydrogen-bond acceptors (Lipinski definition) is 4. The standard InChI is InChI=1S/C16H12O4/c1-18-11-7-8-12-13(9-11)19-15-16(20-15,14(12)17)10-5-3-2-4-6-10/h2-9,15H,1H3/t15-,16-/m1/s1. The first-order valence-electron chi connectivity index (χ1n) is 6.38. The molecule has 0 unspecified atom stereocenters. The molecular formula is C16H12O4. The van der Waals surface area contributed by atoms with E-state index in [1.807, 2.05) is 30.3 Å². The van der Waals surface area contributed by atoms with Gasteiger partial charge in [-0.3, -0.25) is 4.79 Å². The lowest BCUT2D eigenvalue weighted by Gasteiger charge is -2.20. The Morgan fingerprint density at radius 2 is 1.95 bits per heavy atom. The van der Waals surface area contributed by atoms with Gasteiger partial charge in [0.15, 0.2) is 0 Å². The van der Waals surface area contributed by atoms with Crippen LogP contribution in [0.4, 0.5) is 0 Å². The van der Waals surface area contributed by atoms with E-state index in [-0.39, 0.29) is 5.78 Å². The van der Waals surface area contributed by atoms with Crippen LogP contribution in [0.3, 0.4) is 0 Å². The Labute approximate surface area is 115 Å². The molecule has 4 rings (SSSR count). The van der Waals surface area contributed by atoms with Crippen molar-refractivity contribution in [3.63, 3.8) is 0 Å². The van der Waals surface area contributed by atoms with Crippen LogP contribution in [0.2, 0.25) is 0 Å². The molecule has 0 amide bonds. The average molecular weight is 268 g/mol. The number of epoxide rings is 1. The monoisotopic (exact) mass is 268 g/mol. The van der Waals surface area contributed by atoms with E-state index in [1.165, 1.54) is 0 Å². The van der Waals surface area contributed by atoms with Crippen molar-refractivity contribution in [2.45, 2.75) is 11.9 Å². The van der Waals surface area contributed by atoms with E-state index in [2.05, 4.69) is 0 Å². The summed E-state index contributed by atoms with van der Waals surface area (Å²) in [5.74, 6) is 1.12. The molecule has 100 valence electrons. The van der Waals surface area contributed by atoms with E-state index in [0.29, 0.717) is 17.1 Å². The highest BCUT2D eigenvalue weighted by Crippen LogP contribution is 2.54. The zero-order valence-electron chi connectivity index (χ0n) is 10.8. The van der Waals surface area contributed by atoms with Crippen molar-refractivity contribution in [1.82, 2.24) is 0 Å². The summed E-state index contributed by atoms with van der Waals surface area (Å²) in [5.41, 5.74) is 0.392. The number of ketones is 1. The molecule has 0 aromatic heterocycles. The van der Waals surface area contributed by atoms with Crippen LogP contribution in [0.15, 0.2) is 48.5 Å². The summed E-state index contributed by atoms with van der Waals surface area (Å²) in [7, 11) is 1.58. The zero-order valence-corrected chi connectivity index (χ0v) is 10.8. The normalized spacial score (nSPS) is 26.2. The van der Waals surface area contributed by atoms with Crippen molar-refractivity contribution < 1.29 is 19.0 Å². The van der Waals surface area contributed by atoms with Crippen molar-refractivity contribution in [3.05, 3.63) is 59.7 Å². The molecule has 0 saturated carbocycles. The van der Waals surface area contributed by atoms with Crippen LogP contribution in [-0.4, -0.2) is 19.2 Å². The second kappa shape index (κ2) is 3.84. The van der Waals surface area contributed by atoms with Crippen molar-refractivity contribution in [2.75, 3.05) is 7.11 Å². The third-order valence-electron chi connectivity index (χ3n) is 3.78. The van der Waals surface area contributed by atoms with Gasteiger partial charge in [0.2, 0.25) is 17.7 Å². The fourth-order valence-electron chi connectivity index (χ4n) is 2.65. The predicted molar refractivity (Wildman–Crippen MR) is 70.9 cm³/mol. The lowest BCUT2D eigenvalue weighted by Crippen LogP contribution is -2.31. The first-order chi connectivity index (χ1) is 9.75. The predicted octanol–water partition coefficient (Wildman–Crippen LogP) is 2.52. The zero-order chi connectivity index (χ0) is 13.7. The lowest BCUT2D eigenvalue weighted by molar-refractivity contribution is 0.0863. The van der Waals surface area contributed by atoms with Crippen LogP contribution in [0.5, 0.6) is 11.5 Å². The van der Waals surface area contributed by atoms with Gasteiger partial charge in [0.1, 0.15) is 11.5 Å². The molecule has 0 aliphatic carbocycles. The third-order valence-corrected chi connectivity index (χ3v) is 3.78. The number of fused-ring (bicyclic) bond motifs is 2. The molecular weight excluding hydrogens is 256 g/mol. The highest BCUT2D eigenvalue weighted by Gasteiger charge is 2.68. The number of Topliss-reactive ketones (excluding diaryl/α,β-unsaturated/α-hetero) is 1. The number of methoxy groups -OCH3 is 1. The Morgan fingerprint density at radius 1 is 1.15 bits per heavy atom. The van der Waals surface area contributed by atoms with Crippen LogP contribution >= 0.6 is 0 Å². The van der Waals surface area contributed by atoms with Gasteiger partial charge in [-0.05, 0) is 17.7 Å². The number of hydrogen-bond donors (Lipinski definition) is 0. The van der Waals surface area contributed by atoms with Gasteiger partial charge in [-0.2, -0.15) is 0 Å². The number of benzene rings is 2. The molecule has 4 heteroatoms. The molecule has 2 aromatic carbocycles. The molecule has 1 saturated heterocycles. The van der Waals surface area contributed by atoms with Crippen molar-refractivity contribution in [3.8, 4) is 11.5 Å². The second-order valence-electron chi connectivity index (χ2n) is 4.86. The van der Waals surface area contributed by atoms with E-state index >= 15 is 0 Å². The molecule has 2 aliphatic heterocycles. The number of carbonyl (C=O) groups is 1. The summed E-state index contributed by atoms with van der Waals surface area (Å²) in [6.07, 6.45) is -0.544. The highest BCUT2D eigenvalue weighted by molar-refractivity contribution is 6.08. The molecule has 20 heavy (non-hydrogen) atoms. The van der Waals surface area contributed by atoms with Gasteiger partial charge >= 0.3 is 0 Å². The molecule has 2 aliphatic rings. The smallest absolute Gasteiger partial charge is 0.242 e. The Morgan fingerprint density at radius 3 is 2.70 bits per heavy atom. The molecule has 2 heterocycles. The molecule has 0 N–H and O–H groups in total. The maximum Gasteiger partial charge on any atom is 0.242 e. The summed E-state index contributed by atoms with van der Waals surface area (Å²) in [5, 5.41) is 0. The summed E-state index contributed by atoms with van der Waals surface area (Å²) < 4.78 is 16.5. The summed E-state index contributed by atoms with van der Waals surface area (Å²) in [4.78, 5) is 12.7. The van der Waals surface area contributed by atoms with Crippen molar-refractivity contribution in [1.29, 1.82) is 0 Å². The van der Waals surface area contributed by atoms with Gasteiger partial charge in [-0.25, -0.2) is 0 Å². The Balaban J connectivity index is 1.81. The van der Waals surface area contributed by atoms with E-state index in [1.54, 1.807) is 25.3 Å². The van der Waals surface area contributed by atoms with E-state index in [0.717, 1.165) is 5.56 Å². The Kier molecular flexibility index (Phi) is 2.20. The molecule has 0 spiro atoms. The fraction of sp³-hybridized carbons (Fsp3) is 0.188. The molecule has 0 radical (unpaired) electrons. The van der Waals surface area contributed by atoms with Gasteiger partial charge in [0.25, 0.3) is 0 Å². The SMILES string of the molecule is COc1ccc2c(c1)O[C@@H]1O[C@]1(c1ccccc1)C2=O. The maximum absolute atomic E-state index is 12.7. The fourth-order valence-corrected chi connectivity index (χ4v) is 2.65. The lowest BCUT2D eigenvalue weighted by atomic mass is 9.88. The topological polar surface area (TPSA) is 48.1 Å². The number of carbonyl (C=O) groups excluding carboxylic acids is 1. The molecule has 2 aromatic rings. The maximum atomic E-state index is 12.7. The molecule has 2 atom stereocenters. The third kappa shape index (κ3) is 1.37. The largest absolute Gasteiger partial charge is 0.497 e. The minimum absolute atomic E-state index is 0.0578. The second-order valence-corrected chi connectivity index (χ2v) is 4.86. The average Bonchev–Trinajstić information content (AvgIpc) is 3.23. The number of ether oxygens (including phenoxy) is 3. The van der Waals surface area contributed by atoms with Gasteiger partial charge < -0.3 is 14.2 Å². The first-order valence-corrected chi connectivity index (χ1v) is 6.38. The van der Waals surface area contributed by atoms with E-state index in [9.17, 15) is 4.79 Å². The van der Waals surface area contributed by atoms with Crippen molar-refractivity contribution in [2.24, 2.45) is 0 Å². The van der Waals surface area contributed by atoms with Crippen LogP contribution < -0.4 is 9.47 Å². The highest BCUT2D eigenvalue weighted by atomic mass is 16.8. The van der Waals surface area contributed by atoms with E-state index < -0.39 is 11.9 Å². The first kappa shape index (κ1) is 11.5. The van der Waals surface area contributed by atoms with Gasteiger partial charge in [-0.15, -0.1) is 0 Å². The van der Waals surface area contributed by atoms with Crippen LogP contribution in [0, 0.1) is 0 Å². The summed E-state index contributed by atoms with van der Waals surface area (Å²) in [6, 6.07) is 14.6. The molecule has 4 nitrogen and oxygen atoms in total. The Hall–Kier alpha value is -2.33. The Bertz CT molecular complexity index is 695. The van der Waals surface area contributed by atoms with Crippen molar-refractivity contribution >= 4 is 5.78 Å². The minimum atomic E-state index is -0.969. The quantitative estimate of drug-likeness (QED) is 0.785. The van der Waals surface area contributed by atoms with Crippen LogP contribution in [0.25, 0.3) is 0 Å². The number of rotatable bonds is 2. The van der Waals surface area contributed by atoms with Gasteiger partial charge in [0.05, 0.1) is 12.7 Å². The van der Waals surface area contributed by atoms with Gasteiger partial charge in [-0.1, -0.05) is 30.3 Å². The minimum Gasteiger partial charge on any atom is -0.497 e. The molecule has 1 fully saturated rings. The summed E-state index contributed by atoms with van der Waals surface area (Å²) in [6.45, 7) is 0. The molecule has 0 bridgehead atoms. The van der Waals surface area contributed by atoms with Crippen LogP contribution in [0.1, 0.15) is 15.9 Å². The van der Waals surface area contributed by atoms with Gasteiger partial charge in [0, 0.05) is 6.07 Å². The summed E-state index contributed by atoms with van der Waals surface area (Å²) >= 11 is 0.